The van der Waals surface area contributed by atoms with Gasteiger partial charge in [-0.3, -0.25) is 9.59 Å². The van der Waals surface area contributed by atoms with Gasteiger partial charge in [0.2, 0.25) is 5.91 Å². The van der Waals surface area contributed by atoms with Crippen LogP contribution in [0.2, 0.25) is 10.0 Å². The molecule has 2 atom stereocenters. The molecule has 2 aliphatic heterocycles. The molecule has 2 heterocycles. The Morgan fingerprint density at radius 1 is 1.24 bits per heavy atom. The van der Waals surface area contributed by atoms with Crippen LogP contribution in [0.25, 0.3) is 5.57 Å². The third-order valence-corrected chi connectivity index (χ3v) is 7.15. The fourth-order valence-corrected chi connectivity index (χ4v) is 5.91. The SMILES string of the molecule is CCN(C(C)=O)[C@@H]1CN2C(=O)C(c3cc(Cl)cc(Cl)c3)=C(OC)[C@]2(Cc2ccc(C#N)cc2)C1. The molecule has 0 aliphatic carbocycles. The normalized spacial score (nSPS) is 21.5. The van der Waals surface area contributed by atoms with E-state index in [4.69, 9.17) is 33.2 Å². The van der Waals surface area contributed by atoms with Gasteiger partial charge in [0.1, 0.15) is 11.3 Å². The molecule has 4 rings (SSSR count). The summed E-state index contributed by atoms with van der Waals surface area (Å²) in [7, 11) is 1.56. The number of carbonyl (C=O) groups excluding carboxylic acids is 2. The van der Waals surface area contributed by atoms with Crippen LogP contribution >= 0.6 is 23.2 Å². The summed E-state index contributed by atoms with van der Waals surface area (Å²) in [5.41, 5.74) is 1.78. The minimum absolute atomic E-state index is 0.0283. The highest BCUT2D eigenvalue weighted by molar-refractivity contribution is 6.35. The van der Waals surface area contributed by atoms with E-state index in [1.807, 2.05) is 24.0 Å². The van der Waals surface area contributed by atoms with E-state index >= 15 is 0 Å². The van der Waals surface area contributed by atoms with Crippen LogP contribution in [0.5, 0.6) is 0 Å². The van der Waals surface area contributed by atoms with Crippen LogP contribution in [0.15, 0.2) is 48.2 Å². The summed E-state index contributed by atoms with van der Waals surface area (Å²) in [4.78, 5) is 29.8. The Balaban J connectivity index is 1.87. The number of carbonyl (C=O) groups is 2. The second-order valence-corrected chi connectivity index (χ2v) is 9.54. The molecule has 0 spiro atoms. The van der Waals surface area contributed by atoms with E-state index in [0.29, 0.717) is 58.4 Å². The molecule has 8 heteroatoms. The largest absolute Gasteiger partial charge is 0.498 e. The van der Waals surface area contributed by atoms with Crippen LogP contribution in [0, 0.1) is 11.3 Å². The van der Waals surface area contributed by atoms with Crippen molar-refractivity contribution in [3.05, 3.63) is 75.0 Å². The number of fused-ring (bicyclic) bond motifs is 1. The Labute approximate surface area is 209 Å². The van der Waals surface area contributed by atoms with Gasteiger partial charge in [-0.2, -0.15) is 5.26 Å². The maximum absolute atomic E-state index is 13.9. The molecule has 0 aromatic heterocycles. The van der Waals surface area contributed by atoms with Crippen LogP contribution in [0.4, 0.5) is 0 Å². The van der Waals surface area contributed by atoms with Crippen molar-refractivity contribution >= 4 is 40.6 Å². The molecule has 0 saturated carbocycles. The molecule has 1 fully saturated rings. The molecule has 1 saturated heterocycles. The van der Waals surface area contributed by atoms with Crippen LogP contribution in [0.1, 0.15) is 37.0 Å². The number of likely N-dealkylation sites (N-methyl/N-ethyl adjacent to an activating group) is 1. The van der Waals surface area contributed by atoms with Crippen molar-refractivity contribution in [1.29, 1.82) is 5.26 Å². The lowest BCUT2D eigenvalue weighted by atomic mass is 9.84. The van der Waals surface area contributed by atoms with Gasteiger partial charge in [-0.05, 0) is 48.4 Å². The van der Waals surface area contributed by atoms with Gasteiger partial charge in [-0.15, -0.1) is 0 Å². The Morgan fingerprint density at radius 2 is 1.88 bits per heavy atom. The average Bonchev–Trinajstić information content (AvgIpc) is 3.25. The summed E-state index contributed by atoms with van der Waals surface area (Å²) in [6.45, 7) is 4.44. The summed E-state index contributed by atoms with van der Waals surface area (Å²) >= 11 is 12.5. The first-order valence-corrected chi connectivity index (χ1v) is 11.8. The molecule has 0 bridgehead atoms. The average molecular weight is 498 g/mol. The molecule has 2 aliphatic rings. The van der Waals surface area contributed by atoms with E-state index in [1.165, 1.54) is 0 Å². The lowest BCUT2D eigenvalue weighted by Gasteiger charge is -2.34. The second-order valence-electron chi connectivity index (χ2n) is 8.66. The van der Waals surface area contributed by atoms with Gasteiger partial charge in [-0.1, -0.05) is 35.3 Å². The first-order chi connectivity index (χ1) is 16.2. The number of methoxy groups -OCH3 is 1. The Morgan fingerprint density at radius 3 is 2.41 bits per heavy atom. The highest BCUT2D eigenvalue weighted by Crippen LogP contribution is 2.50. The lowest BCUT2D eigenvalue weighted by Crippen LogP contribution is -2.45. The van der Waals surface area contributed by atoms with E-state index in [2.05, 4.69) is 6.07 Å². The van der Waals surface area contributed by atoms with E-state index in [1.54, 1.807) is 49.3 Å². The van der Waals surface area contributed by atoms with Crippen molar-refractivity contribution in [1.82, 2.24) is 9.80 Å². The van der Waals surface area contributed by atoms with Gasteiger partial charge in [0.05, 0.1) is 30.4 Å². The van der Waals surface area contributed by atoms with Gasteiger partial charge >= 0.3 is 0 Å². The summed E-state index contributed by atoms with van der Waals surface area (Å²) < 4.78 is 5.96. The van der Waals surface area contributed by atoms with Crippen molar-refractivity contribution in [2.24, 2.45) is 0 Å². The first kappa shape index (κ1) is 24.1. The van der Waals surface area contributed by atoms with Gasteiger partial charge in [0, 0.05) is 42.9 Å². The number of halogens is 2. The smallest absolute Gasteiger partial charge is 0.258 e. The van der Waals surface area contributed by atoms with Gasteiger partial charge in [0.25, 0.3) is 5.91 Å². The number of amides is 2. The number of nitriles is 1. The van der Waals surface area contributed by atoms with Crippen LogP contribution in [-0.4, -0.2) is 53.4 Å². The van der Waals surface area contributed by atoms with Gasteiger partial charge in [-0.25, -0.2) is 0 Å². The maximum Gasteiger partial charge on any atom is 0.258 e. The zero-order valence-corrected chi connectivity index (χ0v) is 20.8. The predicted octanol–water partition coefficient (Wildman–Crippen LogP) is 4.69. The fourth-order valence-electron chi connectivity index (χ4n) is 5.38. The van der Waals surface area contributed by atoms with Crippen molar-refractivity contribution in [2.75, 3.05) is 20.2 Å². The standard InChI is InChI=1S/C26H25Cl2N3O3/c1-4-30(16(2)32)22-13-26(12-17-5-7-18(14-29)8-6-17)24(34-3)23(25(33)31(26)15-22)19-9-20(27)11-21(28)10-19/h5-11,22H,4,12-13,15H2,1-3H3/t22-,26-/m0/s1. The molecule has 6 nitrogen and oxygen atoms in total. The topological polar surface area (TPSA) is 73.6 Å². The third-order valence-electron chi connectivity index (χ3n) is 6.71. The second kappa shape index (κ2) is 9.32. The minimum Gasteiger partial charge on any atom is -0.498 e. The zero-order chi connectivity index (χ0) is 24.6. The summed E-state index contributed by atoms with van der Waals surface area (Å²) in [5, 5.41) is 10.0. The fraction of sp³-hybridized carbons (Fsp3) is 0.346. The molecule has 176 valence electrons. The molecule has 0 unspecified atom stereocenters. The molecule has 0 radical (unpaired) electrons. The van der Waals surface area contributed by atoms with E-state index in [0.717, 1.165) is 5.56 Å². The predicted molar refractivity (Wildman–Crippen MR) is 131 cm³/mol. The number of hydrogen-bond donors (Lipinski definition) is 0. The van der Waals surface area contributed by atoms with E-state index in [9.17, 15) is 9.59 Å². The first-order valence-electron chi connectivity index (χ1n) is 11.1. The minimum atomic E-state index is -0.780. The summed E-state index contributed by atoms with van der Waals surface area (Å²) in [5.74, 6) is 0.340. The molecular formula is C26H25Cl2N3O3. The van der Waals surface area contributed by atoms with Gasteiger partial charge in [0.15, 0.2) is 0 Å². The van der Waals surface area contributed by atoms with Crippen LogP contribution in [-0.2, 0) is 20.7 Å². The molecule has 2 aromatic rings. The number of rotatable bonds is 6. The van der Waals surface area contributed by atoms with Gasteiger partial charge < -0.3 is 14.5 Å². The highest BCUT2D eigenvalue weighted by atomic mass is 35.5. The molecule has 2 amide bonds. The lowest BCUT2D eigenvalue weighted by molar-refractivity contribution is -0.131. The van der Waals surface area contributed by atoms with Crippen LogP contribution in [0.3, 0.4) is 0 Å². The van der Waals surface area contributed by atoms with E-state index in [-0.39, 0.29) is 17.9 Å². The number of nitrogens with zero attached hydrogens (tertiary/aromatic N) is 3. The number of benzene rings is 2. The maximum atomic E-state index is 13.9. The third kappa shape index (κ3) is 4.04. The number of hydrogen-bond acceptors (Lipinski definition) is 4. The summed E-state index contributed by atoms with van der Waals surface area (Å²) in [6, 6.07) is 14.4. The highest BCUT2D eigenvalue weighted by Gasteiger charge is 2.59. The van der Waals surface area contributed by atoms with Crippen molar-refractivity contribution in [2.45, 2.75) is 38.3 Å². The molecule has 2 aromatic carbocycles. The Bertz CT molecular complexity index is 1200. The van der Waals surface area contributed by atoms with Crippen molar-refractivity contribution in [3.63, 3.8) is 0 Å². The van der Waals surface area contributed by atoms with E-state index < -0.39 is 5.54 Å². The van der Waals surface area contributed by atoms with Crippen molar-refractivity contribution in [3.8, 4) is 6.07 Å². The molecular weight excluding hydrogens is 473 g/mol. The quantitative estimate of drug-likeness (QED) is 0.580. The summed E-state index contributed by atoms with van der Waals surface area (Å²) in [6.07, 6.45) is 1.02. The Hall–Kier alpha value is -3.01. The Kier molecular flexibility index (Phi) is 6.62. The molecule has 34 heavy (non-hydrogen) atoms. The van der Waals surface area contributed by atoms with Crippen LogP contribution < -0.4 is 0 Å². The zero-order valence-electron chi connectivity index (χ0n) is 19.3. The monoisotopic (exact) mass is 497 g/mol. The van der Waals surface area contributed by atoms with Crippen molar-refractivity contribution < 1.29 is 14.3 Å². The number of ether oxygens (including phenoxy) is 1. The molecule has 0 N–H and O–H groups in total.